The molecule has 2 rings (SSSR count). The molecule has 20 heavy (non-hydrogen) atoms. The first kappa shape index (κ1) is 14.4. The zero-order chi connectivity index (χ0) is 14.5. The zero-order valence-corrected chi connectivity index (χ0v) is 12.0. The number of hydrogen-bond donors (Lipinski definition) is 2. The number of nitrogens with zero attached hydrogens (tertiary/aromatic N) is 2. The standard InChI is InChI=1S/C14H20N4O2/c1-18-9-10(8-16-18)7-11(17-15)14-12(19-2)5-4-6-13(14)20-3/h4-6,8-9,11,17H,7,15H2,1-3H3. The molecule has 0 aliphatic rings. The quantitative estimate of drug-likeness (QED) is 0.612. The molecular weight excluding hydrogens is 256 g/mol. The normalized spacial score (nSPS) is 12.2. The molecule has 1 atom stereocenters. The van der Waals surface area contributed by atoms with Crippen LogP contribution in [0.3, 0.4) is 0 Å². The molecule has 1 aromatic heterocycles. The smallest absolute Gasteiger partial charge is 0.127 e. The molecule has 0 amide bonds. The number of methoxy groups -OCH3 is 2. The summed E-state index contributed by atoms with van der Waals surface area (Å²) in [4.78, 5) is 0. The molecule has 0 radical (unpaired) electrons. The van der Waals surface area contributed by atoms with Gasteiger partial charge in [0, 0.05) is 13.2 Å². The molecule has 0 saturated heterocycles. The highest BCUT2D eigenvalue weighted by atomic mass is 16.5. The van der Waals surface area contributed by atoms with Crippen LogP contribution in [-0.4, -0.2) is 24.0 Å². The van der Waals surface area contributed by atoms with E-state index in [2.05, 4.69) is 10.5 Å². The molecule has 0 saturated carbocycles. The molecule has 0 fully saturated rings. The minimum atomic E-state index is -0.120. The lowest BCUT2D eigenvalue weighted by atomic mass is 9.99. The molecule has 0 bridgehead atoms. The van der Waals surface area contributed by atoms with Gasteiger partial charge in [0.1, 0.15) is 11.5 Å². The Labute approximate surface area is 118 Å². The van der Waals surface area contributed by atoms with Crippen molar-refractivity contribution in [3.8, 4) is 11.5 Å². The van der Waals surface area contributed by atoms with Crippen molar-refractivity contribution in [1.82, 2.24) is 15.2 Å². The van der Waals surface area contributed by atoms with Crippen molar-refractivity contribution in [3.63, 3.8) is 0 Å². The summed E-state index contributed by atoms with van der Waals surface area (Å²) in [6.07, 6.45) is 4.49. The lowest BCUT2D eigenvalue weighted by molar-refractivity contribution is 0.370. The maximum absolute atomic E-state index is 5.72. The number of aromatic nitrogens is 2. The van der Waals surface area contributed by atoms with Crippen LogP contribution in [0.5, 0.6) is 11.5 Å². The number of nitrogens with two attached hydrogens (primary N) is 1. The lowest BCUT2D eigenvalue weighted by Crippen LogP contribution is -2.30. The Bertz CT molecular complexity index is 546. The number of nitrogens with one attached hydrogen (secondary N) is 1. The van der Waals surface area contributed by atoms with E-state index in [1.807, 2.05) is 37.6 Å². The summed E-state index contributed by atoms with van der Waals surface area (Å²) in [6.45, 7) is 0. The van der Waals surface area contributed by atoms with Crippen LogP contribution in [0.2, 0.25) is 0 Å². The lowest BCUT2D eigenvalue weighted by Gasteiger charge is -2.21. The molecule has 1 unspecified atom stereocenters. The second-order valence-electron chi connectivity index (χ2n) is 4.52. The Balaban J connectivity index is 2.35. The van der Waals surface area contributed by atoms with Gasteiger partial charge in [-0.25, -0.2) is 0 Å². The van der Waals surface area contributed by atoms with Crippen molar-refractivity contribution in [2.75, 3.05) is 14.2 Å². The van der Waals surface area contributed by atoms with Crippen molar-refractivity contribution in [2.45, 2.75) is 12.5 Å². The van der Waals surface area contributed by atoms with Gasteiger partial charge in [-0.05, 0) is 24.1 Å². The highest BCUT2D eigenvalue weighted by Crippen LogP contribution is 2.35. The Kier molecular flexibility index (Phi) is 4.60. The van der Waals surface area contributed by atoms with Gasteiger partial charge in [0.25, 0.3) is 0 Å². The third-order valence-corrected chi connectivity index (χ3v) is 3.21. The maximum Gasteiger partial charge on any atom is 0.127 e. The number of aryl methyl sites for hydroxylation is 1. The summed E-state index contributed by atoms with van der Waals surface area (Å²) >= 11 is 0. The minimum Gasteiger partial charge on any atom is -0.496 e. The topological polar surface area (TPSA) is 74.3 Å². The van der Waals surface area contributed by atoms with Crippen LogP contribution in [-0.2, 0) is 13.5 Å². The monoisotopic (exact) mass is 276 g/mol. The molecule has 6 heteroatoms. The molecule has 0 aliphatic heterocycles. The van der Waals surface area contributed by atoms with E-state index in [9.17, 15) is 0 Å². The van der Waals surface area contributed by atoms with Crippen LogP contribution in [0, 0.1) is 0 Å². The average Bonchev–Trinajstić information content (AvgIpc) is 2.89. The van der Waals surface area contributed by atoms with E-state index in [-0.39, 0.29) is 6.04 Å². The van der Waals surface area contributed by atoms with Gasteiger partial charge in [0.05, 0.1) is 32.0 Å². The molecular formula is C14H20N4O2. The first-order valence-electron chi connectivity index (χ1n) is 6.34. The second-order valence-corrected chi connectivity index (χ2v) is 4.52. The highest BCUT2D eigenvalue weighted by Gasteiger charge is 2.20. The summed E-state index contributed by atoms with van der Waals surface area (Å²) in [5.74, 6) is 7.21. The summed E-state index contributed by atoms with van der Waals surface area (Å²) in [6, 6.07) is 5.56. The zero-order valence-electron chi connectivity index (χ0n) is 12.0. The molecule has 1 heterocycles. The first-order valence-corrected chi connectivity index (χ1v) is 6.34. The minimum absolute atomic E-state index is 0.120. The van der Waals surface area contributed by atoms with Crippen LogP contribution < -0.4 is 20.7 Å². The van der Waals surface area contributed by atoms with Crippen LogP contribution in [0.25, 0.3) is 0 Å². The average molecular weight is 276 g/mol. The van der Waals surface area contributed by atoms with E-state index in [0.717, 1.165) is 22.6 Å². The SMILES string of the molecule is COc1cccc(OC)c1C(Cc1cnn(C)c1)NN. The Morgan fingerprint density at radius 3 is 2.40 bits per heavy atom. The highest BCUT2D eigenvalue weighted by molar-refractivity contribution is 5.47. The molecule has 2 aromatic rings. The fourth-order valence-electron chi connectivity index (χ4n) is 2.28. The molecule has 1 aromatic carbocycles. The van der Waals surface area contributed by atoms with E-state index in [0.29, 0.717) is 6.42 Å². The van der Waals surface area contributed by atoms with Gasteiger partial charge in [-0.1, -0.05) is 6.07 Å². The molecule has 6 nitrogen and oxygen atoms in total. The third kappa shape index (κ3) is 2.92. The summed E-state index contributed by atoms with van der Waals surface area (Å²) < 4.78 is 12.6. The van der Waals surface area contributed by atoms with Crippen molar-refractivity contribution >= 4 is 0 Å². The third-order valence-electron chi connectivity index (χ3n) is 3.21. The molecule has 0 aliphatic carbocycles. The van der Waals surface area contributed by atoms with Crippen molar-refractivity contribution in [3.05, 3.63) is 41.7 Å². The number of hydrogen-bond acceptors (Lipinski definition) is 5. The number of ether oxygens (including phenoxy) is 2. The van der Waals surface area contributed by atoms with Gasteiger partial charge in [0.2, 0.25) is 0 Å². The summed E-state index contributed by atoms with van der Waals surface area (Å²) in [5.41, 5.74) is 4.82. The van der Waals surface area contributed by atoms with E-state index in [1.54, 1.807) is 18.9 Å². The van der Waals surface area contributed by atoms with Gasteiger partial charge in [-0.15, -0.1) is 0 Å². The Morgan fingerprint density at radius 1 is 1.30 bits per heavy atom. The van der Waals surface area contributed by atoms with Crippen molar-refractivity contribution in [2.24, 2.45) is 12.9 Å². The fourth-order valence-corrected chi connectivity index (χ4v) is 2.28. The predicted molar refractivity (Wildman–Crippen MR) is 76.5 cm³/mol. The van der Waals surface area contributed by atoms with Crippen LogP contribution in [0.4, 0.5) is 0 Å². The van der Waals surface area contributed by atoms with Gasteiger partial charge >= 0.3 is 0 Å². The van der Waals surface area contributed by atoms with E-state index < -0.39 is 0 Å². The van der Waals surface area contributed by atoms with Crippen molar-refractivity contribution in [1.29, 1.82) is 0 Å². The van der Waals surface area contributed by atoms with Crippen LogP contribution in [0.1, 0.15) is 17.2 Å². The van der Waals surface area contributed by atoms with Gasteiger partial charge < -0.3 is 9.47 Å². The summed E-state index contributed by atoms with van der Waals surface area (Å²) in [5, 5.41) is 4.17. The first-order chi connectivity index (χ1) is 9.69. The Morgan fingerprint density at radius 2 is 1.95 bits per heavy atom. The second kappa shape index (κ2) is 6.40. The largest absolute Gasteiger partial charge is 0.496 e. The van der Waals surface area contributed by atoms with Gasteiger partial charge in [0.15, 0.2) is 0 Å². The van der Waals surface area contributed by atoms with Crippen LogP contribution in [0.15, 0.2) is 30.6 Å². The van der Waals surface area contributed by atoms with E-state index in [4.69, 9.17) is 15.3 Å². The summed E-state index contributed by atoms with van der Waals surface area (Å²) in [7, 11) is 5.16. The maximum atomic E-state index is 5.72. The number of benzene rings is 1. The molecule has 3 N–H and O–H groups in total. The van der Waals surface area contributed by atoms with Gasteiger partial charge in [-0.2, -0.15) is 5.10 Å². The number of hydrazine groups is 1. The van der Waals surface area contributed by atoms with Crippen LogP contribution >= 0.6 is 0 Å². The molecule has 108 valence electrons. The molecule has 0 spiro atoms. The predicted octanol–water partition coefficient (Wildman–Crippen LogP) is 1.18. The fraction of sp³-hybridized carbons (Fsp3) is 0.357. The van der Waals surface area contributed by atoms with Crippen molar-refractivity contribution < 1.29 is 9.47 Å². The van der Waals surface area contributed by atoms with E-state index >= 15 is 0 Å². The van der Waals surface area contributed by atoms with E-state index in [1.165, 1.54) is 0 Å². The Hall–Kier alpha value is -2.05. The number of rotatable bonds is 6. The van der Waals surface area contributed by atoms with Gasteiger partial charge in [-0.3, -0.25) is 16.0 Å².